The Kier molecular flexibility index (Phi) is 5.89. The van der Waals surface area contributed by atoms with Gasteiger partial charge in [0.15, 0.2) is 11.5 Å². The van der Waals surface area contributed by atoms with Crippen LogP contribution in [-0.2, 0) is 16.0 Å². The van der Waals surface area contributed by atoms with E-state index in [1.807, 2.05) is 54.6 Å². The molecule has 0 bridgehead atoms. The number of carbonyl (C=O) groups excluding carboxylic acids is 1. The fourth-order valence-corrected chi connectivity index (χ4v) is 2.60. The van der Waals surface area contributed by atoms with Crippen molar-refractivity contribution in [3.8, 4) is 11.5 Å². The summed E-state index contributed by atoms with van der Waals surface area (Å²) in [5.41, 5.74) is 1.74. The Morgan fingerprint density at radius 1 is 1.07 bits per heavy atom. The summed E-state index contributed by atoms with van der Waals surface area (Å²) < 4.78 is 10.6. The second-order valence-electron chi connectivity index (χ2n) is 5.92. The first kappa shape index (κ1) is 18.3. The van der Waals surface area contributed by atoms with Crippen LogP contribution in [-0.4, -0.2) is 29.8 Å². The molecular weight excluding hydrogens is 346 g/mol. The third-order valence-corrected chi connectivity index (χ3v) is 3.94. The minimum absolute atomic E-state index is 0.219. The van der Waals surface area contributed by atoms with E-state index in [2.05, 4.69) is 5.32 Å². The number of nitrogens with one attached hydrogen (secondary N) is 1. The standard InChI is InChI=1S/C21H19NO5/c23-20(22-17(21(24)25)12-15-6-2-1-3-7-15)9-5-4-8-16-10-11-18-19(13-16)27-14-26-18/h1-11,13,17H,12,14H2,(H,22,23)(H,24,25)/b8-4+,9-5+. The predicted molar refractivity (Wildman–Crippen MR) is 100 cm³/mol. The number of aliphatic carboxylic acids is 1. The van der Waals surface area contributed by atoms with Gasteiger partial charge in [-0.1, -0.05) is 54.6 Å². The molecule has 1 atom stereocenters. The lowest BCUT2D eigenvalue weighted by Crippen LogP contribution is -2.41. The summed E-state index contributed by atoms with van der Waals surface area (Å²) in [6.45, 7) is 0.219. The van der Waals surface area contributed by atoms with E-state index in [9.17, 15) is 14.7 Å². The molecule has 0 spiro atoms. The van der Waals surface area contributed by atoms with Crippen molar-refractivity contribution < 1.29 is 24.2 Å². The molecule has 138 valence electrons. The first-order valence-electron chi connectivity index (χ1n) is 8.43. The molecule has 3 rings (SSSR count). The second kappa shape index (κ2) is 8.71. The summed E-state index contributed by atoms with van der Waals surface area (Å²) >= 11 is 0. The topological polar surface area (TPSA) is 84.9 Å². The fraction of sp³-hybridized carbons (Fsp3) is 0.143. The molecule has 0 saturated heterocycles. The minimum atomic E-state index is -1.07. The first-order chi connectivity index (χ1) is 13.1. The van der Waals surface area contributed by atoms with Crippen molar-refractivity contribution in [2.45, 2.75) is 12.5 Å². The molecule has 1 unspecified atom stereocenters. The lowest BCUT2D eigenvalue weighted by Gasteiger charge is -2.13. The molecule has 27 heavy (non-hydrogen) atoms. The molecule has 2 N–H and O–H groups in total. The van der Waals surface area contributed by atoms with Gasteiger partial charge in [0.2, 0.25) is 12.7 Å². The molecule has 6 nitrogen and oxygen atoms in total. The highest BCUT2D eigenvalue weighted by Gasteiger charge is 2.19. The zero-order valence-electron chi connectivity index (χ0n) is 14.5. The summed E-state index contributed by atoms with van der Waals surface area (Å²) in [5.74, 6) is -0.144. The second-order valence-corrected chi connectivity index (χ2v) is 5.92. The number of allylic oxidation sites excluding steroid dienone is 2. The zero-order chi connectivity index (χ0) is 19.1. The normalized spacial score (nSPS) is 13.8. The van der Waals surface area contributed by atoms with Gasteiger partial charge in [0.25, 0.3) is 0 Å². The molecule has 0 aliphatic carbocycles. The van der Waals surface area contributed by atoms with Crippen LogP contribution in [0.2, 0.25) is 0 Å². The Morgan fingerprint density at radius 3 is 2.63 bits per heavy atom. The van der Waals surface area contributed by atoms with Gasteiger partial charge in [0.05, 0.1) is 0 Å². The number of benzene rings is 2. The van der Waals surface area contributed by atoms with E-state index >= 15 is 0 Å². The molecule has 6 heteroatoms. The summed E-state index contributed by atoms with van der Waals surface area (Å²) in [7, 11) is 0. The molecule has 1 amide bonds. The lowest BCUT2D eigenvalue weighted by atomic mass is 10.1. The average molecular weight is 365 g/mol. The molecule has 1 aliphatic rings. The lowest BCUT2D eigenvalue weighted by molar-refractivity contribution is -0.141. The van der Waals surface area contributed by atoms with Crippen LogP contribution >= 0.6 is 0 Å². The molecule has 2 aromatic carbocycles. The third-order valence-electron chi connectivity index (χ3n) is 3.94. The summed E-state index contributed by atoms with van der Waals surface area (Å²) in [6.07, 6.45) is 6.59. The van der Waals surface area contributed by atoms with Crippen molar-refractivity contribution >= 4 is 18.0 Å². The fourth-order valence-electron chi connectivity index (χ4n) is 2.60. The molecule has 0 saturated carbocycles. The van der Waals surface area contributed by atoms with E-state index in [1.54, 1.807) is 12.2 Å². The monoisotopic (exact) mass is 365 g/mol. The molecule has 0 fully saturated rings. The number of rotatable bonds is 7. The van der Waals surface area contributed by atoms with Gasteiger partial charge in [-0.05, 0) is 23.3 Å². The number of carboxylic acids is 1. The van der Waals surface area contributed by atoms with Crippen LogP contribution in [0.3, 0.4) is 0 Å². The SMILES string of the molecule is O=C(/C=C/C=C/c1ccc2c(c1)OCO2)NC(Cc1ccccc1)C(=O)O. The largest absolute Gasteiger partial charge is 0.480 e. The van der Waals surface area contributed by atoms with Gasteiger partial charge in [-0.3, -0.25) is 4.79 Å². The van der Waals surface area contributed by atoms with Gasteiger partial charge in [-0.2, -0.15) is 0 Å². The Bertz CT molecular complexity index is 873. The summed E-state index contributed by atoms with van der Waals surface area (Å²) in [6, 6.07) is 13.7. The van der Waals surface area contributed by atoms with E-state index in [0.29, 0.717) is 11.5 Å². The van der Waals surface area contributed by atoms with Gasteiger partial charge < -0.3 is 19.9 Å². The van der Waals surface area contributed by atoms with E-state index in [1.165, 1.54) is 6.08 Å². The third kappa shape index (κ3) is 5.22. The van der Waals surface area contributed by atoms with Crippen LogP contribution in [0.4, 0.5) is 0 Å². The van der Waals surface area contributed by atoms with E-state index in [4.69, 9.17) is 9.47 Å². The smallest absolute Gasteiger partial charge is 0.326 e. The van der Waals surface area contributed by atoms with Crippen LogP contribution in [0.1, 0.15) is 11.1 Å². The number of ether oxygens (including phenoxy) is 2. The maximum Gasteiger partial charge on any atom is 0.326 e. The highest BCUT2D eigenvalue weighted by atomic mass is 16.7. The quantitative estimate of drug-likeness (QED) is 0.582. The van der Waals surface area contributed by atoms with Gasteiger partial charge >= 0.3 is 5.97 Å². The highest BCUT2D eigenvalue weighted by Crippen LogP contribution is 2.32. The summed E-state index contributed by atoms with van der Waals surface area (Å²) in [4.78, 5) is 23.4. The number of carbonyl (C=O) groups is 2. The van der Waals surface area contributed by atoms with Gasteiger partial charge in [-0.25, -0.2) is 4.79 Å². The molecule has 0 aromatic heterocycles. The van der Waals surface area contributed by atoms with Crippen molar-refractivity contribution in [1.82, 2.24) is 5.32 Å². The van der Waals surface area contributed by atoms with E-state index < -0.39 is 17.9 Å². The number of hydrogen-bond acceptors (Lipinski definition) is 4. The zero-order valence-corrected chi connectivity index (χ0v) is 14.5. The molecule has 1 heterocycles. The van der Waals surface area contributed by atoms with Crippen molar-refractivity contribution in [2.24, 2.45) is 0 Å². The van der Waals surface area contributed by atoms with Crippen LogP contribution in [0, 0.1) is 0 Å². The molecule has 0 radical (unpaired) electrons. The van der Waals surface area contributed by atoms with Crippen molar-refractivity contribution in [1.29, 1.82) is 0 Å². The summed E-state index contributed by atoms with van der Waals surface area (Å²) in [5, 5.41) is 11.8. The molecule has 2 aromatic rings. The first-order valence-corrected chi connectivity index (χ1v) is 8.43. The highest BCUT2D eigenvalue weighted by molar-refractivity contribution is 5.91. The Morgan fingerprint density at radius 2 is 1.85 bits per heavy atom. The van der Waals surface area contributed by atoms with Crippen molar-refractivity contribution in [2.75, 3.05) is 6.79 Å². The predicted octanol–water partition coefficient (Wildman–Crippen LogP) is 2.80. The Labute approximate surface area is 156 Å². The maximum atomic E-state index is 12.0. The average Bonchev–Trinajstić information content (AvgIpc) is 3.13. The number of amides is 1. The van der Waals surface area contributed by atoms with E-state index in [0.717, 1.165) is 11.1 Å². The van der Waals surface area contributed by atoms with Crippen LogP contribution < -0.4 is 14.8 Å². The number of carboxylic acid groups (broad SMARTS) is 1. The van der Waals surface area contributed by atoms with Crippen LogP contribution in [0.25, 0.3) is 6.08 Å². The van der Waals surface area contributed by atoms with Crippen LogP contribution in [0.15, 0.2) is 66.8 Å². The Hall–Kier alpha value is -3.54. The number of fused-ring (bicyclic) bond motifs is 1. The van der Waals surface area contributed by atoms with Gasteiger partial charge in [0.1, 0.15) is 6.04 Å². The van der Waals surface area contributed by atoms with E-state index in [-0.39, 0.29) is 13.2 Å². The minimum Gasteiger partial charge on any atom is -0.480 e. The maximum absolute atomic E-state index is 12.0. The van der Waals surface area contributed by atoms with Crippen molar-refractivity contribution in [3.05, 3.63) is 77.9 Å². The van der Waals surface area contributed by atoms with Gasteiger partial charge in [0, 0.05) is 12.5 Å². The number of hydrogen-bond donors (Lipinski definition) is 2. The van der Waals surface area contributed by atoms with Crippen LogP contribution in [0.5, 0.6) is 11.5 Å². The van der Waals surface area contributed by atoms with Crippen molar-refractivity contribution in [3.63, 3.8) is 0 Å². The molecule has 1 aliphatic heterocycles. The molecular formula is C21H19NO5. The van der Waals surface area contributed by atoms with Gasteiger partial charge in [-0.15, -0.1) is 0 Å². The Balaban J connectivity index is 1.54.